The monoisotopic (exact) mass is 268 g/mol. The molecule has 0 spiro atoms. The first kappa shape index (κ1) is 11.9. The zero-order chi connectivity index (χ0) is 12.8. The molecule has 2 aliphatic heterocycles. The molecule has 1 aromatic heterocycles. The lowest BCUT2D eigenvalue weighted by molar-refractivity contribution is 0.391. The van der Waals surface area contributed by atoms with Crippen molar-refractivity contribution in [2.24, 2.45) is 0 Å². The molecular formula is C11H16N4O2S. The molecule has 3 heterocycles. The zero-order valence-corrected chi connectivity index (χ0v) is 11.0. The van der Waals surface area contributed by atoms with E-state index in [2.05, 4.69) is 14.9 Å². The van der Waals surface area contributed by atoms with E-state index >= 15 is 0 Å². The number of rotatable bonds is 2. The Balaban J connectivity index is 1.85. The number of hydrogen-bond donors (Lipinski definition) is 0. The van der Waals surface area contributed by atoms with E-state index in [-0.39, 0.29) is 12.1 Å². The lowest BCUT2D eigenvalue weighted by Crippen LogP contribution is -2.39. The van der Waals surface area contributed by atoms with Gasteiger partial charge in [0.2, 0.25) is 16.0 Å². The fraction of sp³-hybridized carbons (Fsp3) is 0.636. The number of fused-ring (bicyclic) bond motifs is 1. The van der Waals surface area contributed by atoms with Gasteiger partial charge < -0.3 is 4.90 Å². The van der Waals surface area contributed by atoms with Crippen molar-refractivity contribution in [3.05, 3.63) is 18.5 Å². The molecule has 0 saturated carbocycles. The van der Waals surface area contributed by atoms with Gasteiger partial charge in [0.15, 0.2) is 0 Å². The van der Waals surface area contributed by atoms with Crippen LogP contribution in [0, 0.1) is 0 Å². The Hall–Kier alpha value is -1.21. The smallest absolute Gasteiger partial charge is 0.225 e. The fourth-order valence-corrected chi connectivity index (χ4v) is 4.22. The highest BCUT2D eigenvalue weighted by Crippen LogP contribution is 2.34. The second-order valence-corrected chi connectivity index (χ2v) is 6.76. The minimum Gasteiger partial charge on any atom is -0.336 e. The molecule has 0 N–H and O–H groups in total. The van der Waals surface area contributed by atoms with Gasteiger partial charge in [-0.15, -0.1) is 0 Å². The lowest BCUT2D eigenvalue weighted by atomic mass is 10.1. The summed E-state index contributed by atoms with van der Waals surface area (Å²) in [6, 6.07) is 2.10. The van der Waals surface area contributed by atoms with Crippen molar-refractivity contribution in [1.29, 1.82) is 0 Å². The number of sulfonamides is 1. The summed E-state index contributed by atoms with van der Waals surface area (Å²) in [7, 11) is -3.10. The van der Waals surface area contributed by atoms with Crippen LogP contribution in [0.5, 0.6) is 0 Å². The number of aromatic nitrogens is 2. The summed E-state index contributed by atoms with van der Waals surface area (Å²) in [4.78, 5) is 10.6. The maximum atomic E-state index is 11.7. The van der Waals surface area contributed by atoms with Crippen molar-refractivity contribution in [1.82, 2.24) is 14.3 Å². The minimum atomic E-state index is -3.10. The van der Waals surface area contributed by atoms with Crippen molar-refractivity contribution in [3.8, 4) is 0 Å². The van der Waals surface area contributed by atoms with Crippen LogP contribution in [0.2, 0.25) is 0 Å². The van der Waals surface area contributed by atoms with E-state index in [4.69, 9.17) is 0 Å². The Labute approximate surface area is 107 Å². The first-order chi connectivity index (χ1) is 8.57. The van der Waals surface area contributed by atoms with Crippen LogP contribution >= 0.6 is 0 Å². The molecule has 2 fully saturated rings. The van der Waals surface area contributed by atoms with E-state index in [1.165, 1.54) is 6.26 Å². The first-order valence-corrected chi connectivity index (χ1v) is 7.93. The molecule has 0 amide bonds. The molecular weight excluding hydrogens is 252 g/mol. The predicted molar refractivity (Wildman–Crippen MR) is 67.7 cm³/mol. The number of hydrogen-bond acceptors (Lipinski definition) is 5. The summed E-state index contributed by atoms with van der Waals surface area (Å²) < 4.78 is 25.0. The molecule has 6 nitrogen and oxygen atoms in total. The summed E-state index contributed by atoms with van der Waals surface area (Å²) in [5.41, 5.74) is 0. The quantitative estimate of drug-likeness (QED) is 0.760. The van der Waals surface area contributed by atoms with Crippen molar-refractivity contribution in [2.75, 3.05) is 24.2 Å². The van der Waals surface area contributed by atoms with Gasteiger partial charge in [0.05, 0.1) is 6.26 Å². The van der Waals surface area contributed by atoms with E-state index in [1.54, 1.807) is 22.8 Å². The Morgan fingerprint density at radius 2 is 1.83 bits per heavy atom. The Morgan fingerprint density at radius 3 is 2.50 bits per heavy atom. The van der Waals surface area contributed by atoms with E-state index in [9.17, 15) is 8.42 Å². The van der Waals surface area contributed by atoms with Crippen LogP contribution in [0.4, 0.5) is 5.95 Å². The van der Waals surface area contributed by atoms with Gasteiger partial charge in [0.25, 0.3) is 0 Å². The number of nitrogens with zero attached hydrogens (tertiary/aromatic N) is 4. The zero-order valence-electron chi connectivity index (χ0n) is 10.2. The molecule has 7 heteroatoms. The summed E-state index contributed by atoms with van der Waals surface area (Å²) in [6.07, 6.45) is 6.45. The highest BCUT2D eigenvalue weighted by atomic mass is 32.2. The van der Waals surface area contributed by atoms with Crippen molar-refractivity contribution >= 4 is 16.0 Å². The third-order valence-corrected chi connectivity index (χ3v) is 5.07. The second-order valence-electron chi connectivity index (χ2n) is 4.83. The van der Waals surface area contributed by atoms with Crippen LogP contribution in [0.3, 0.4) is 0 Å². The summed E-state index contributed by atoms with van der Waals surface area (Å²) >= 11 is 0. The van der Waals surface area contributed by atoms with Gasteiger partial charge in [0.1, 0.15) is 0 Å². The van der Waals surface area contributed by atoms with Crippen molar-refractivity contribution in [2.45, 2.75) is 24.9 Å². The molecule has 0 bridgehead atoms. The fourth-order valence-electron chi connectivity index (χ4n) is 3.05. The third-order valence-electron chi connectivity index (χ3n) is 3.76. The average molecular weight is 268 g/mol. The topological polar surface area (TPSA) is 66.4 Å². The highest BCUT2D eigenvalue weighted by Gasteiger charge is 2.46. The molecule has 18 heavy (non-hydrogen) atoms. The van der Waals surface area contributed by atoms with E-state index < -0.39 is 10.0 Å². The molecule has 2 aliphatic rings. The van der Waals surface area contributed by atoms with Crippen LogP contribution in [0.15, 0.2) is 18.5 Å². The van der Waals surface area contributed by atoms with Crippen molar-refractivity contribution in [3.63, 3.8) is 0 Å². The third kappa shape index (κ3) is 1.87. The second kappa shape index (κ2) is 4.17. The van der Waals surface area contributed by atoms with Gasteiger partial charge in [-0.3, -0.25) is 0 Å². The van der Waals surface area contributed by atoms with E-state index in [1.807, 2.05) is 0 Å². The Morgan fingerprint density at radius 1 is 1.17 bits per heavy atom. The number of anilines is 1. The summed E-state index contributed by atoms with van der Waals surface area (Å²) in [6.45, 7) is 1.43. The molecule has 1 aromatic rings. The summed E-state index contributed by atoms with van der Waals surface area (Å²) in [5, 5.41) is 0. The molecule has 98 valence electrons. The van der Waals surface area contributed by atoms with Gasteiger partial charge >= 0.3 is 0 Å². The van der Waals surface area contributed by atoms with Crippen LogP contribution in [0.25, 0.3) is 0 Å². The molecule has 2 atom stereocenters. The van der Waals surface area contributed by atoms with Gasteiger partial charge in [-0.05, 0) is 18.9 Å². The van der Waals surface area contributed by atoms with Crippen LogP contribution in [0.1, 0.15) is 12.8 Å². The Bertz CT molecular complexity index is 533. The average Bonchev–Trinajstić information content (AvgIpc) is 2.88. The molecule has 3 rings (SSSR count). The molecule has 0 unspecified atom stereocenters. The predicted octanol–water partition coefficient (Wildman–Crippen LogP) is 0.0892. The molecule has 0 aliphatic carbocycles. The largest absolute Gasteiger partial charge is 0.336 e. The molecule has 2 saturated heterocycles. The minimum absolute atomic E-state index is 0.0869. The van der Waals surface area contributed by atoms with Gasteiger partial charge in [-0.1, -0.05) is 0 Å². The van der Waals surface area contributed by atoms with Crippen LogP contribution in [-0.4, -0.2) is 54.1 Å². The maximum absolute atomic E-state index is 11.7. The SMILES string of the molecule is CS(=O)(=O)N1CC[C@@H]2[C@@H]1CCN2c1ncccn1. The summed E-state index contributed by atoms with van der Waals surface area (Å²) in [5.74, 6) is 0.709. The van der Waals surface area contributed by atoms with Gasteiger partial charge in [-0.2, -0.15) is 4.31 Å². The molecule has 0 radical (unpaired) electrons. The maximum Gasteiger partial charge on any atom is 0.225 e. The van der Waals surface area contributed by atoms with Crippen molar-refractivity contribution < 1.29 is 8.42 Å². The lowest BCUT2D eigenvalue weighted by Gasteiger charge is -2.24. The van der Waals surface area contributed by atoms with Gasteiger partial charge in [-0.25, -0.2) is 18.4 Å². The first-order valence-electron chi connectivity index (χ1n) is 6.08. The van der Waals surface area contributed by atoms with Gasteiger partial charge in [0, 0.05) is 37.6 Å². The highest BCUT2D eigenvalue weighted by molar-refractivity contribution is 7.88. The van der Waals surface area contributed by atoms with Crippen LogP contribution < -0.4 is 4.90 Å². The standard InChI is InChI=1S/C11H16N4O2S/c1-18(16,17)15-8-4-9-10(15)3-7-14(9)11-12-5-2-6-13-11/h2,5-6,9-10H,3-4,7-8H2,1H3/t9-,10+/m1/s1. The normalized spacial score (nSPS) is 28.6. The van der Waals surface area contributed by atoms with E-state index in [0.717, 1.165) is 19.4 Å². The molecule has 0 aromatic carbocycles. The van der Waals surface area contributed by atoms with E-state index in [0.29, 0.717) is 12.5 Å². The van der Waals surface area contributed by atoms with Crippen LogP contribution in [-0.2, 0) is 10.0 Å². The Kier molecular flexibility index (Phi) is 2.74.